The van der Waals surface area contributed by atoms with Crippen LogP contribution in [-0.4, -0.2) is 52.3 Å². The molecule has 3 aliphatic rings. The second-order valence-corrected chi connectivity index (χ2v) is 10.7. The lowest BCUT2D eigenvalue weighted by Crippen LogP contribution is -2.54. The van der Waals surface area contributed by atoms with Crippen molar-refractivity contribution in [2.75, 3.05) is 19.6 Å². The maximum absolute atomic E-state index is 13.9. The molecule has 0 radical (unpaired) electrons. The Morgan fingerprint density at radius 3 is 2.69 bits per heavy atom. The smallest absolute Gasteiger partial charge is 0.325 e. The first-order valence-electron chi connectivity index (χ1n) is 12.6. The number of carbonyl (C=O) groups excluding carboxylic acids is 3. The summed E-state index contributed by atoms with van der Waals surface area (Å²) in [6.07, 6.45) is 10.8. The maximum Gasteiger partial charge on any atom is 0.325 e. The standard InChI is InChI=1S/C27H32N4O3S/c32-24(19-20-7-2-1-3-8-20)30-15-11-21(12-16-30)27(23-10-4-5-14-28-23)25(33)31(26(34)29-27)17-13-22-9-6-18-35-22/h4-7,9-10,14,18,21H,1-3,8,11-13,15-17,19H2,(H,29,34)/t27-/m1/s1. The van der Waals surface area contributed by atoms with E-state index in [4.69, 9.17) is 0 Å². The number of allylic oxidation sites excluding steroid dienone is 1. The molecule has 0 bridgehead atoms. The third kappa shape index (κ3) is 4.76. The Bertz CT molecular complexity index is 1090. The van der Waals surface area contributed by atoms with Crippen molar-refractivity contribution in [3.05, 3.63) is 64.1 Å². The van der Waals surface area contributed by atoms with Crippen molar-refractivity contribution in [3.8, 4) is 0 Å². The molecule has 0 aromatic carbocycles. The van der Waals surface area contributed by atoms with Crippen LogP contribution >= 0.6 is 11.3 Å². The van der Waals surface area contributed by atoms with Gasteiger partial charge in [-0.05, 0) is 68.5 Å². The van der Waals surface area contributed by atoms with Gasteiger partial charge in [0.1, 0.15) is 0 Å². The van der Waals surface area contributed by atoms with Crippen molar-refractivity contribution in [1.82, 2.24) is 20.1 Å². The number of pyridine rings is 1. The molecule has 35 heavy (non-hydrogen) atoms. The number of hydrogen-bond acceptors (Lipinski definition) is 5. The molecule has 2 aromatic rings. The van der Waals surface area contributed by atoms with Crippen molar-refractivity contribution in [1.29, 1.82) is 0 Å². The van der Waals surface area contributed by atoms with E-state index in [1.54, 1.807) is 17.5 Å². The van der Waals surface area contributed by atoms with Gasteiger partial charge in [0, 0.05) is 43.0 Å². The zero-order chi connectivity index (χ0) is 24.3. The van der Waals surface area contributed by atoms with Crippen LogP contribution in [0.25, 0.3) is 0 Å². The van der Waals surface area contributed by atoms with E-state index < -0.39 is 5.54 Å². The zero-order valence-corrected chi connectivity index (χ0v) is 20.8. The van der Waals surface area contributed by atoms with Gasteiger partial charge in [-0.1, -0.05) is 23.8 Å². The molecule has 2 fully saturated rings. The normalized spacial score (nSPS) is 23.4. The van der Waals surface area contributed by atoms with Crippen molar-refractivity contribution in [2.45, 2.75) is 56.9 Å². The van der Waals surface area contributed by atoms with Gasteiger partial charge in [0.05, 0.1) is 5.69 Å². The van der Waals surface area contributed by atoms with E-state index in [0.29, 0.717) is 51.0 Å². The first-order chi connectivity index (χ1) is 17.1. The van der Waals surface area contributed by atoms with Crippen LogP contribution in [0.5, 0.6) is 0 Å². The molecule has 184 valence electrons. The summed E-state index contributed by atoms with van der Waals surface area (Å²) in [5.74, 6) is -0.184. The predicted octanol–water partition coefficient (Wildman–Crippen LogP) is 4.26. The monoisotopic (exact) mass is 492 g/mol. The molecule has 2 aliphatic heterocycles. The number of urea groups is 1. The highest BCUT2D eigenvalue weighted by Crippen LogP contribution is 2.41. The molecule has 4 heterocycles. The largest absolute Gasteiger partial charge is 0.342 e. The fourth-order valence-electron chi connectivity index (χ4n) is 5.66. The Hall–Kier alpha value is -3.00. The maximum atomic E-state index is 13.9. The van der Waals surface area contributed by atoms with Crippen LogP contribution in [0, 0.1) is 5.92 Å². The third-order valence-electron chi connectivity index (χ3n) is 7.59. The molecule has 1 atom stereocenters. The van der Waals surface area contributed by atoms with E-state index in [0.717, 1.165) is 17.7 Å². The first kappa shape index (κ1) is 23.7. The van der Waals surface area contributed by atoms with Crippen LogP contribution in [0.4, 0.5) is 4.79 Å². The van der Waals surface area contributed by atoms with E-state index in [2.05, 4.69) is 16.4 Å². The van der Waals surface area contributed by atoms with Crippen LogP contribution < -0.4 is 5.32 Å². The van der Waals surface area contributed by atoms with E-state index in [1.807, 2.05) is 40.6 Å². The number of piperidine rings is 1. The molecule has 2 saturated heterocycles. The molecule has 7 nitrogen and oxygen atoms in total. The minimum atomic E-state index is -1.19. The number of aromatic nitrogens is 1. The molecule has 1 N–H and O–H groups in total. The third-order valence-corrected chi connectivity index (χ3v) is 8.52. The molecule has 1 aliphatic carbocycles. The average molecular weight is 493 g/mol. The van der Waals surface area contributed by atoms with E-state index >= 15 is 0 Å². The fraction of sp³-hybridized carbons (Fsp3) is 0.481. The summed E-state index contributed by atoms with van der Waals surface area (Å²) in [5.41, 5.74) is 0.650. The van der Waals surface area contributed by atoms with Crippen LogP contribution in [0.15, 0.2) is 53.6 Å². The fourth-order valence-corrected chi connectivity index (χ4v) is 6.36. The lowest BCUT2D eigenvalue weighted by molar-refractivity contribution is -0.136. The summed E-state index contributed by atoms with van der Waals surface area (Å²) in [6, 6.07) is 9.13. The van der Waals surface area contributed by atoms with Gasteiger partial charge in [0.25, 0.3) is 5.91 Å². The number of imide groups is 1. The zero-order valence-electron chi connectivity index (χ0n) is 19.9. The Balaban J connectivity index is 1.32. The average Bonchev–Trinajstić information content (AvgIpc) is 3.50. The Kier molecular flexibility index (Phi) is 7.00. The lowest BCUT2D eigenvalue weighted by atomic mass is 9.75. The van der Waals surface area contributed by atoms with Crippen LogP contribution in [0.1, 0.15) is 55.5 Å². The number of rotatable bonds is 7. The highest BCUT2D eigenvalue weighted by molar-refractivity contribution is 7.09. The topological polar surface area (TPSA) is 82.6 Å². The molecular formula is C27H32N4O3S. The minimum absolute atomic E-state index is 0.126. The van der Waals surface area contributed by atoms with Crippen LogP contribution in [0.2, 0.25) is 0 Å². The summed E-state index contributed by atoms with van der Waals surface area (Å²) >= 11 is 1.62. The number of carbonyl (C=O) groups is 3. The van der Waals surface area contributed by atoms with Crippen molar-refractivity contribution in [2.24, 2.45) is 5.92 Å². The number of nitrogens with zero attached hydrogens (tertiary/aromatic N) is 3. The van der Waals surface area contributed by atoms with E-state index in [9.17, 15) is 14.4 Å². The lowest BCUT2D eigenvalue weighted by Gasteiger charge is -2.40. The van der Waals surface area contributed by atoms with Gasteiger partial charge in [-0.3, -0.25) is 19.5 Å². The van der Waals surface area contributed by atoms with Gasteiger partial charge in [-0.15, -0.1) is 11.3 Å². The molecule has 8 heteroatoms. The van der Waals surface area contributed by atoms with Gasteiger partial charge in [-0.25, -0.2) is 4.79 Å². The van der Waals surface area contributed by atoms with Crippen molar-refractivity contribution in [3.63, 3.8) is 0 Å². The first-order valence-corrected chi connectivity index (χ1v) is 13.5. The Labute approximate surface area is 210 Å². The molecule has 0 saturated carbocycles. The van der Waals surface area contributed by atoms with Gasteiger partial charge in [-0.2, -0.15) is 0 Å². The molecular weight excluding hydrogens is 460 g/mol. The van der Waals surface area contributed by atoms with E-state index in [1.165, 1.54) is 23.3 Å². The summed E-state index contributed by atoms with van der Waals surface area (Å²) < 4.78 is 0. The number of amides is 4. The second-order valence-electron chi connectivity index (χ2n) is 9.68. The van der Waals surface area contributed by atoms with Gasteiger partial charge >= 0.3 is 6.03 Å². The molecule has 4 amide bonds. The van der Waals surface area contributed by atoms with Crippen molar-refractivity contribution >= 4 is 29.2 Å². The Morgan fingerprint density at radius 1 is 1.14 bits per heavy atom. The van der Waals surface area contributed by atoms with Gasteiger partial charge in [0.2, 0.25) is 5.91 Å². The summed E-state index contributed by atoms with van der Waals surface area (Å²) in [4.78, 5) is 48.8. The Morgan fingerprint density at radius 2 is 2.00 bits per heavy atom. The van der Waals surface area contributed by atoms with Gasteiger partial charge in [0.15, 0.2) is 5.54 Å². The number of thiophene rings is 1. The van der Waals surface area contributed by atoms with Crippen LogP contribution in [-0.2, 0) is 21.5 Å². The molecule has 5 rings (SSSR count). The minimum Gasteiger partial charge on any atom is -0.342 e. The summed E-state index contributed by atoms with van der Waals surface area (Å²) in [7, 11) is 0. The highest BCUT2D eigenvalue weighted by Gasteiger charge is 2.58. The predicted molar refractivity (Wildman–Crippen MR) is 135 cm³/mol. The van der Waals surface area contributed by atoms with Crippen LogP contribution in [0.3, 0.4) is 0 Å². The quantitative estimate of drug-likeness (QED) is 0.462. The highest BCUT2D eigenvalue weighted by atomic mass is 32.1. The number of likely N-dealkylation sites (tertiary alicyclic amines) is 1. The van der Waals surface area contributed by atoms with Crippen molar-refractivity contribution < 1.29 is 14.4 Å². The number of hydrogen-bond donors (Lipinski definition) is 1. The summed E-state index contributed by atoms with van der Waals surface area (Å²) in [6.45, 7) is 1.51. The SMILES string of the molecule is O=C(CC1=CCCCC1)N1CCC([C@]2(c3ccccn3)NC(=O)N(CCc3cccs3)C2=O)CC1. The molecule has 0 spiro atoms. The molecule has 0 unspecified atom stereocenters. The number of nitrogens with one attached hydrogen (secondary N) is 1. The summed E-state index contributed by atoms with van der Waals surface area (Å²) in [5, 5.41) is 5.06. The van der Waals surface area contributed by atoms with E-state index in [-0.39, 0.29) is 23.8 Å². The molecule has 2 aromatic heterocycles. The second kappa shape index (κ2) is 10.3. The van der Waals surface area contributed by atoms with Gasteiger partial charge < -0.3 is 10.2 Å².